The van der Waals surface area contributed by atoms with Crippen LogP contribution in [0.5, 0.6) is 11.5 Å². The van der Waals surface area contributed by atoms with Crippen LogP contribution in [0, 0.1) is 28.4 Å². The summed E-state index contributed by atoms with van der Waals surface area (Å²) in [5.74, 6) is 1.05. The molecule has 1 aromatic heterocycles. The molecule has 4 rings (SSSR count). The SMILES string of the molecule is CCOc1cc(C)c(-c2nc3ccccc3c(=O)n2N=Cc2cc(Br)cc([N+](=O)[O-])c2OCC#N)cc1C(C)C. The van der Waals surface area contributed by atoms with Crippen LogP contribution in [0.3, 0.4) is 0 Å². The number of nitrogens with zero attached hydrogens (tertiary/aromatic N) is 5. The van der Waals surface area contributed by atoms with Crippen LogP contribution < -0.4 is 15.0 Å². The molecular formula is C29H26BrN5O5. The zero-order valence-electron chi connectivity index (χ0n) is 22.3. The van der Waals surface area contributed by atoms with Gasteiger partial charge in [0, 0.05) is 21.7 Å². The van der Waals surface area contributed by atoms with E-state index in [4.69, 9.17) is 19.7 Å². The highest BCUT2D eigenvalue weighted by atomic mass is 79.9. The van der Waals surface area contributed by atoms with Crippen molar-refractivity contribution >= 4 is 38.7 Å². The van der Waals surface area contributed by atoms with Gasteiger partial charge in [0.25, 0.3) is 5.56 Å². The van der Waals surface area contributed by atoms with Crippen LogP contribution in [0.2, 0.25) is 0 Å². The van der Waals surface area contributed by atoms with E-state index in [1.807, 2.05) is 32.0 Å². The summed E-state index contributed by atoms with van der Waals surface area (Å²) >= 11 is 3.28. The lowest BCUT2D eigenvalue weighted by Crippen LogP contribution is -2.21. The van der Waals surface area contributed by atoms with Crippen molar-refractivity contribution in [3.8, 4) is 29.0 Å². The number of aryl methyl sites for hydroxylation is 1. The van der Waals surface area contributed by atoms with E-state index in [9.17, 15) is 14.9 Å². The van der Waals surface area contributed by atoms with E-state index < -0.39 is 17.1 Å². The Morgan fingerprint density at radius 1 is 1.23 bits per heavy atom. The molecule has 40 heavy (non-hydrogen) atoms. The van der Waals surface area contributed by atoms with Gasteiger partial charge >= 0.3 is 5.69 Å². The molecule has 0 saturated carbocycles. The summed E-state index contributed by atoms with van der Waals surface area (Å²) in [5, 5.41) is 25.5. The summed E-state index contributed by atoms with van der Waals surface area (Å²) < 4.78 is 12.9. The quantitative estimate of drug-likeness (QED) is 0.124. The first-order valence-electron chi connectivity index (χ1n) is 12.5. The maximum Gasteiger partial charge on any atom is 0.312 e. The fraction of sp³-hybridized carbons (Fsp3) is 0.241. The van der Waals surface area contributed by atoms with Gasteiger partial charge in [0.05, 0.1) is 28.6 Å². The number of hydrogen-bond donors (Lipinski definition) is 0. The lowest BCUT2D eigenvalue weighted by Gasteiger charge is -2.18. The van der Waals surface area contributed by atoms with E-state index in [0.717, 1.165) is 16.9 Å². The Balaban J connectivity index is 2.00. The minimum Gasteiger partial charge on any atom is -0.494 e. The zero-order chi connectivity index (χ0) is 29.0. The Bertz CT molecular complexity index is 1740. The molecule has 0 N–H and O–H groups in total. The minimum absolute atomic E-state index is 0.132. The van der Waals surface area contributed by atoms with Gasteiger partial charge < -0.3 is 9.47 Å². The molecule has 0 aliphatic rings. The molecule has 4 aromatic rings. The number of nitriles is 1. The van der Waals surface area contributed by atoms with Crippen molar-refractivity contribution in [3.05, 3.63) is 90.2 Å². The van der Waals surface area contributed by atoms with E-state index >= 15 is 0 Å². The molecule has 0 unspecified atom stereocenters. The maximum atomic E-state index is 13.7. The van der Waals surface area contributed by atoms with Crippen LogP contribution >= 0.6 is 15.9 Å². The Morgan fingerprint density at radius 3 is 2.65 bits per heavy atom. The van der Waals surface area contributed by atoms with Crippen LogP contribution in [0.15, 0.2) is 62.9 Å². The van der Waals surface area contributed by atoms with Gasteiger partial charge in [-0.3, -0.25) is 14.9 Å². The topological polar surface area (TPSA) is 133 Å². The minimum atomic E-state index is -0.610. The first-order valence-corrected chi connectivity index (χ1v) is 13.3. The van der Waals surface area contributed by atoms with Crippen molar-refractivity contribution in [1.29, 1.82) is 5.26 Å². The van der Waals surface area contributed by atoms with Crippen molar-refractivity contribution in [2.45, 2.75) is 33.6 Å². The van der Waals surface area contributed by atoms with E-state index in [1.165, 1.54) is 17.0 Å². The average molecular weight is 604 g/mol. The second kappa shape index (κ2) is 12.1. The summed E-state index contributed by atoms with van der Waals surface area (Å²) in [5.41, 5.74) is 2.41. The Morgan fingerprint density at radius 2 is 1.98 bits per heavy atom. The molecule has 0 atom stereocenters. The highest BCUT2D eigenvalue weighted by Crippen LogP contribution is 2.36. The van der Waals surface area contributed by atoms with E-state index in [1.54, 1.807) is 30.3 Å². The van der Waals surface area contributed by atoms with Gasteiger partial charge in [-0.15, -0.1) is 0 Å². The smallest absolute Gasteiger partial charge is 0.312 e. The molecule has 10 nitrogen and oxygen atoms in total. The van der Waals surface area contributed by atoms with Gasteiger partial charge in [0.2, 0.25) is 5.75 Å². The van der Waals surface area contributed by atoms with Crippen molar-refractivity contribution in [1.82, 2.24) is 9.66 Å². The normalized spacial score (nSPS) is 11.2. The van der Waals surface area contributed by atoms with Gasteiger partial charge in [0.1, 0.15) is 11.8 Å². The molecule has 0 radical (unpaired) electrons. The van der Waals surface area contributed by atoms with Crippen LogP contribution in [0.1, 0.15) is 43.4 Å². The lowest BCUT2D eigenvalue weighted by atomic mass is 9.96. The number of nitro benzene ring substituents is 1. The van der Waals surface area contributed by atoms with Crippen LogP contribution in [0.4, 0.5) is 5.69 Å². The summed E-state index contributed by atoms with van der Waals surface area (Å²) in [6.07, 6.45) is 1.29. The number of para-hydroxylation sites is 1. The Hall–Kier alpha value is -4.56. The predicted molar refractivity (Wildman–Crippen MR) is 156 cm³/mol. The third kappa shape index (κ3) is 5.72. The highest BCUT2D eigenvalue weighted by Gasteiger charge is 2.22. The maximum absolute atomic E-state index is 13.7. The van der Waals surface area contributed by atoms with Crippen LogP contribution in [-0.4, -0.2) is 34.0 Å². The first-order chi connectivity index (χ1) is 19.2. The Kier molecular flexibility index (Phi) is 8.60. The second-order valence-electron chi connectivity index (χ2n) is 9.15. The average Bonchev–Trinajstić information content (AvgIpc) is 2.91. The van der Waals surface area contributed by atoms with Gasteiger partial charge in [-0.1, -0.05) is 41.9 Å². The highest BCUT2D eigenvalue weighted by molar-refractivity contribution is 9.10. The number of aromatic nitrogens is 2. The van der Waals surface area contributed by atoms with Gasteiger partial charge in [-0.05, 0) is 61.2 Å². The molecule has 0 aliphatic carbocycles. The number of ether oxygens (including phenoxy) is 2. The van der Waals surface area contributed by atoms with Gasteiger partial charge in [0.15, 0.2) is 12.4 Å². The fourth-order valence-electron chi connectivity index (χ4n) is 4.29. The van der Waals surface area contributed by atoms with Crippen molar-refractivity contribution in [2.24, 2.45) is 5.10 Å². The molecule has 0 spiro atoms. The third-order valence-corrected chi connectivity index (χ3v) is 6.58. The molecule has 11 heteroatoms. The van der Waals surface area contributed by atoms with E-state index in [0.29, 0.717) is 33.4 Å². The second-order valence-corrected chi connectivity index (χ2v) is 10.1. The number of rotatable bonds is 9. The number of benzene rings is 3. The summed E-state index contributed by atoms with van der Waals surface area (Å²) in [6.45, 7) is 8.04. The molecule has 0 fully saturated rings. The number of nitro groups is 1. The van der Waals surface area contributed by atoms with Crippen LogP contribution in [0.25, 0.3) is 22.3 Å². The van der Waals surface area contributed by atoms with Crippen molar-refractivity contribution < 1.29 is 14.4 Å². The summed E-state index contributed by atoms with van der Waals surface area (Å²) in [4.78, 5) is 29.6. The summed E-state index contributed by atoms with van der Waals surface area (Å²) in [6, 6.07) is 15.5. The molecule has 0 bridgehead atoms. The molecule has 204 valence electrons. The predicted octanol–water partition coefficient (Wildman–Crippen LogP) is 6.35. The van der Waals surface area contributed by atoms with E-state index in [2.05, 4.69) is 34.9 Å². The third-order valence-electron chi connectivity index (χ3n) is 6.13. The number of halogens is 1. The zero-order valence-corrected chi connectivity index (χ0v) is 23.9. The number of hydrogen-bond acceptors (Lipinski definition) is 8. The van der Waals surface area contributed by atoms with Crippen molar-refractivity contribution in [2.75, 3.05) is 13.2 Å². The summed E-state index contributed by atoms with van der Waals surface area (Å²) in [7, 11) is 0. The molecular weight excluding hydrogens is 578 g/mol. The number of fused-ring (bicyclic) bond motifs is 1. The van der Waals surface area contributed by atoms with Gasteiger partial charge in [-0.25, -0.2) is 4.98 Å². The van der Waals surface area contributed by atoms with Crippen LogP contribution in [-0.2, 0) is 0 Å². The first kappa shape index (κ1) is 28.4. The van der Waals surface area contributed by atoms with Gasteiger partial charge in [-0.2, -0.15) is 15.0 Å². The largest absolute Gasteiger partial charge is 0.494 e. The lowest BCUT2D eigenvalue weighted by molar-refractivity contribution is -0.385. The molecule has 0 saturated heterocycles. The molecule has 0 amide bonds. The van der Waals surface area contributed by atoms with Crippen molar-refractivity contribution in [3.63, 3.8) is 0 Å². The molecule has 1 heterocycles. The van der Waals surface area contributed by atoms with E-state index in [-0.39, 0.29) is 22.9 Å². The monoisotopic (exact) mass is 603 g/mol. The fourth-order valence-corrected chi connectivity index (χ4v) is 4.75. The standard InChI is InChI=1S/C29H26BrN5O5/c1-5-39-26-12-18(4)23(15-22(26)17(2)3)28-33-24-9-7-6-8-21(24)29(36)34(28)32-16-19-13-20(30)14-25(35(37)38)27(19)40-11-10-31/h6-9,12-17H,5,11H2,1-4H3. The Labute approximate surface area is 238 Å². The molecule has 3 aromatic carbocycles. The molecule has 0 aliphatic heterocycles.